The number of halogens is 1. The number of benzene rings is 2. The Balaban J connectivity index is 0.00000120. The fourth-order valence-electron chi connectivity index (χ4n) is 3.00. The van der Waals surface area contributed by atoms with Gasteiger partial charge in [0.2, 0.25) is 0 Å². The van der Waals surface area contributed by atoms with E-state index in [0.717, 1.165) is 12.8 Å². The Bertz CT molecular complexity index is 574. The van der Waals surface area contributed by atoms with E-state index in [2.05, 4.69) is 50.2 Å². The predicted molar refractivity (Wildman–Crippen MR) is 80.5 cm³/mol. The third kappa shape index (κ3) is 1.92. The summed E-state index contributed by atoms with van der Waals surface area (Å²) >= 11 is 0. The van der Waals surface area contributed by atoms with Gasteiger partial charge in [-0.15, -0.1) is 12.4 Å². The van der Waals surface area contributed by atoms with Gasteiger partial charge in [0.05, 0.1) is 0 Å². The molecule has 1 aliphatic rings. The molecule has 2 aromatic carbocycles. The van der Waals surface area contributed by atoms with Gasteiger partial charge in [-0.1, -0.05) is 43.3 Å². The maximum absolute atomic E-state index is 6.38. The predicted octanol–water partition coefficient (Wildman–Crippen LogP) is 4.03. The lowest BCUT2D eigenvalue weighted by atomic mass is 9.71. The summed E-state index contributed by atoms with van der Waals surface area (Å²) in [6.45, 7) is 4.43. The van der Waals surface area contributed by atoms with E-state index in [4.69, 9.17) is 5.73 Å². The van der Waals surface area contributed by atoms with E-state index < -0.39 is 0 Å². The van der Waals surface area contributed by atoms with Crippen molar-refractivity contribution in [2.45, 2.75) is 38.1 Å². The standard InChI is InChI=1S/C16H19N.ClH/c1-11-13-8-7-12-5-3-4-6-14(12)15(13)9-10-16(11,2)17;/h3-8,11H,9-10,17H2,1-2H3;1H. The number of fused-ring (bicyclic) bond motifs is 3. The Morgan fingerprint density at radius 1 is 1.17 bits per heavy atom. The minimum atomic E-state index is -0.0601. The molecule has 2 unspecified atom stereocenters. The average Bonchev–Trinajstić information content (AvgIpc) is 2.33. The number of hydrogen-bond acceptors (Lipinski definition) is 1. The third-order valence-electron chi connectivity index (χ3n) is 4.45. The first-order valence-corrected chi connectivity index (χ1v) is 6.39. The molecule has 2 atom stereocenters. The molecule has 2 N–H and O–H groups in total. The number of nitrogens with two attached hydrogens (primary N) is 1. The van der Waals surface area contributed by atoms with Crippen LogP contribution in [0.15, 0.2) is 36.4 Å². The van der Waals surface area contributed by atoms with Crippen LogP contribution >= 0.6 is 12.4 Å². The molecule has 0 fully saturated rings. The average molecular weight is 262 g/mol. The molecule has 1 nitrogen and oxygen atoms in total. The lowest BCUT2D eigenvalue weighted by Gasteiger charge is -2.38. The fraction of sp³-hybridized carbons (Fsp3) is 0.375. The van der Waals surface area contributed by atoms with Crippen molar-refractivity contribution in [1.82, 2.24) is 0 Å². The normalized spacial score (nSPS) is 26.5. The number of rotatable bonds is 0. The van der Waals surface area contributed by atoms with Crippen LogP contribution in [0.2, 0.25) is 0 Å². The largest absolute Gasteiger partial charge is 0.325 e. The summed E-state index contributed by atoms with van der Waals surface area (Å²) in [4.78, 5) is 0. The smallest absolute Gasteiger partial charge is 0.0195 e. The van der Waals surface area contributed by atoms with Crippen molar-refractivity contribution in [3.8, 4) is 0 Å². The highest BCUT2D eigenvalue weighted by molar-refractivity contribution is 5.87. The molecule has 0 aromatic heterocycles. The number of hydrogen-bond donors (Lipinski definition) is 1. The van der Waals surface area contributed by atoms with Gasteiger partial charge in [0.25, 0.3) is 0 Å². The van der Waals surface area contributed by atoms with E-state index in [1.165, 1.54) is 21.9 Å². The van der Waals surface area contributed by atoms with Crippen molar-refractivity contribution < 1.29 is 0 Å². The van der Waals surface area contributed by atoms with Gasteiger partial charge in [-0.3, -0.25) is 0 Å². The van der Waals surface area contributed by atoms with Crippen LogP contribution in [0, 0.1) is 0 Å². The Morgan fingerprint density at radius 2 is 1.89 bits per heavy atom. The van der Waals surface area contributed by atoms with Crippen LogP contribution in [-0.4, -0.2) is 5.54 Å². The molecular formula is C16H20ClN. The summed E-state index contributed by atoms with van der Waals surface area (Å²) in [5.74, 6) is 0.441. The molecule has 0 aliphatic heterocycles. The number of aryl methyl sites for hydroxylation is 1. The van der Waals surface area contributed by atoms with E-state index in [9.17, 15) is 0 Å². The van der Waals surface area contributed by atoms with Crippen molar-refractivity contribution >= 4 is 23.2 Å². The van der Waals surface area contributed by atoms with Crippen LogP contribution in [0.4, 0.5) is 0 Å². The van der Waals surface area contributed by atoms with E-state index in [1.54, 1.807) is 0 Å². The zero-order valence-electron chi connectivity index (χ0n) is 10.9. The molecule has 0 saturated heterocycles. The van der Waals surface area contributed by atoms with Crippen molar-refractivity contribution in [2.75, 3.05) is 0 Å². The molecule has 96 valence electrons. The van der Waals surface area contributed by atoms with E-state index >= 15 is 0 Å². The summed E-state index contributed by atoms with van der Waals surface area (Å²) in [6.07, 6.45) is 2.18. The van der Waals surface area contributed by atoms with Gasteiger partial charge in [0, 0.05) is 5.54 Å². The minimum Gasteiger partial charge on any atom is -0.325 e. The van der Waals surface area contributed by atoms with Crippen molar-refractivity contribution in [3.05, 3.63) is 47.5 Å². The first-order valence-electron chi connectivity index (χ1n) is 6.39. The topological polar surface area (TPSA) is 26.0 Å². The minimum absolute atomic E-state index is 0. The summed E-state index contributed by atoms with van der Waals surface area (Å²) in [7, 11) is 0. The molecule has 0 spiro atoms. The molecule has 2 heteroatoms. The van der Waals surface area contributed by atoms with Gasteiger partial charge in [-0.2, -0.15) is 0 Å². The quantitative estimate of drug-likeness (QED) is 0.761. The molecule has 0 radical (unpaired) electrons. The first kappa shape index (κ1) is 13.4. The van der Waals surface area contributed by atoms with Crippen LogP contribution in [0.5, 0.6) is 0 Å². The Hall–Kier alpha value is -1.05. The van der Waals surface area contributed by atoms with Crippen LogP contribution < -0.4 is 5.73 Å². The third-order valence-corrected chi connectivity index (χ3v) is 4.45. The highest BCUT2D eigenvalue weighted by atomic mass is 35.5. The second-order valence-corrected chi connectivity index (χ2v) is 5.58. The molecular weight excluding hydrogens is 242 g/mol. The van der Waals surface area contributed by atoms with Crippen molar-refractivity contribution in [3.63, 3.8) is 0 Å². The molecule has 0 saturated carbocycles. The molecule has 0 bridgehead atoms. The molecule has 3 rings (SSSR count). The van der Waals surface area contributed by atoms with Gasteiger partial charge in [-0.05, 0) is 47.6 Å². The van der Waals surface area contributed by atoms with Crippen molar-refractivity contribution in [2.24, 2.45) is 5.73 Å². The maximum atomic E-state index is 6.38. The highest BCUT2D eigenvalue weighted by Crippen LogP contribution is 2.39. The molecule has 0 heterocycles. The lowest BCUT2D eigenvalue weighted by Crippen LogP contribution is -2.44. The van der Waals surface area contributed by atoms with Crippen molar-refractivity contribution in [1.29, 1.82) is 0 Å². The summed E-state index contributed by atoms with van der Waals surface area (Å²) in [5.41, 5.74) is 9.28. The van der Waals surface area contributed by atoms with Gasteiger partial charge < -0.3 is 5.73 Å². The van der Waals surface area contributed by atoms with Crippen LogP contribution in [0.3, 0.4) is 0 Å². The van der Waals surface area contributed by atoms with Gasteiger partial charge in [0.15, 0.2) is 0 Å². The molecule has 0 amide bonds. The van der Waals surface area contributed by atoms with Gasteiger partial charge >= 0.3 is 0 Å². The molecule has 18 heavy (non-hydrogen) atoms. The van der Waals surface area contributed by atoms with E-state index in [1.807, 2.05) is 0 Å². The summed E-state index contributed by atoms with van der Waals surface area (Å²) in [5, 5.41) is 2.76. The highest BCUT2D eigenvalue weighted by Gasteiger charge is 2.33. The Kier molecular flexibility index (Phi) is 3.39. The van der Waals surface area contributed by atoms with Crippen LogP contribution in [-0.2, 0) is 6.42 Å². The lowest BCUT2D eigenvalue weighted by molar-refractivity contribution is 0.348. The fourth-order valence-corrected chi connectivity index (χ4v) is 3.00. The monoisotopic (exact) mass is 261 g/mol. The Labute approximate surface area is 115 Å². The Morgan fingerprint density at radius 3 is 2.67 bits per heavy atom. The van der Waals surface area contributed by atoms with Gasteiger partial charge in [0.1, 0.15) is 0 Å². The van der Waals surface area contributed by atoms with Crippen LogP contribution in [0.25, 0.3) is 10.8 Å². The molecule has 2 aromatic rings. The van der Waals surface area contributed by atoms with E-state index in [-0.39, 0.29) is 17.9 Å². The van der Waals surface area contributed by atoms with E-state index in [0.29, 0.717) is 5.92 Å². The second kappa shape index (κ2) is 4.56. The zero-order valence-corrected chi connectivity index (χ0v) is 11.8. The SMILES string of the molecule is CC1c2ccc3ccccc3c2CCC1(C)N.Cl. The summed E-state index contributed by atoms with van der Waals surface area (Å²) in [6, 6.07) is 13.2. The van der Waals surface area contributed by atoms with Crippen LogP contribution in [0.1, 0.15) is 37.3 Å². The molecule has 1 aliphatic carbocycles. The maximum Gasteiger partial charge on any atom is 0.0195 e. The first-order chi connectivity index (χ1) is 8.09. The zero-order chi connectivity index (χ0) is 12.0. The van der Waals surface area contributed by atoms with Gasteiger partial charge in [-0.25, -0.2) is 0 Å². The second-order valence-electron chi connectivity index (χ2n) is 5.58. The summed E-state index contributed by atoms with van der Waals surface area (Å²) < 4.78 is 0.